The fourth-order valence-corrected chi connectivity index (χ4v) is 3.02. The standard InChI is InChI=1S/C24H33N3O4/c1-6-27(4)22(18-10-8-7-9-11-18)24(29)26-25-23(28)19-12-13-20(21(16-19)30-5)31-15-14-17(2)3/h7-13,16-17,22H,6,14-15H2,1-5H3,(H,25,28)(H,26,29). The van der Waals surface area contributed by atoms with Crippen LogP contribution in [0.2, 0.25) is 0 Å². The van der Waals surface area contributed by atoms with Gasteiger partial charge < -0.3 is 9.47 Å². The number of carbonyl (C=O) groups is 2. The zero-order chi connectivity index (χ0) is 22.8. The van der Waals surface area contributed by atoms with Crippen LogP contribution in [-0.2, 0) is 4.79 Å². The van der Waals surface area contributed by atoms with Crippen LogP contribution in [0.1, 0.15) is 49.2 Å². The molecule has 0 saturated heterocycles. The average Bonchev–Trinajstić information content (AvgIpc) is 2.78. The third kappa shape index (κ3) is 7.00. The van der Waals surface area contributed by atoms with E-state index in [4.69, 9.17) is 9.47 Å². The van der Waals surface area contributed by atoms with Crippen LogP contribution in [0.4, 0.5) is 0 Å². The van der Waals surface area contributed by atoms with Gasteiger partial charge in [-0.1, -0.05) is 51.1 Å². The molecule has 2 aromatic rings. The topological polar surface area (TPSA) is 79.9 Å². The molecule has 0 aliphatic carbocycles. The molecule has 0 aliphatic heterocycles. The second-order valence-corrected chi connectivity index (χ2v) is 7.73. The maximum atomic E-state index is 12.8. The lowest BCUT2D eigenvalue weighted by Crippen LogP contribution is -2.47. The number of methoxy groups -OCH3 is 1. The van der Waals surface area contributed by atoms with Gasteiger partial charge in [0.2, 0.25) is 0 Å². The van der Waals surface area contributed by atoms with Crippen molar-refractivity contribution >= 4 is 11.8 Å². The van der Waals surface area contributed by atoms with Crippen molar-refractivity contribution in [3.05, 3.63) is 59.7 Å². The zero-order valence-electron chi connectivity index (χ0n) is 19.0. The Labute approximate surface area is 184 Å². The van der Waals surface area contributed by atoms with Crippen LogP contribution < -0.4 is 20.3 Å². The van der Waals surface area contributed by atoms with Gasteiger partial charge in [0, 0.05) is 5.56 Å². The van der Waals surface area contributed by atoms with Crippen molar-refractivity contribution in [1.29, 1.82) is 0 Å². The molecule has 31 heavy (non-hydrogen) atoms. The maximum Gasteiger partial charge on any atom is 0.269 e. The molecule has 0 saturated carbocycles. The summed E-state index contributed by atoms with van der Waals surface area (Å²) < 4.78 is 11.1. The lowest BCUT2D eigenvalue weighted by atomic mass is 10.1. The van der Waals surface area contributed by atoms with E-state index in [2.05, 4.69) is 24.7 Å². The Hall–Kier alpha value is -3.06. The van der Waals surface area contributed by atoms with E-state index in [1.165, 1.54) is 7.11 Å². The molecule has 2 rings (SSSR count). The molecule has 1 unspecified atom stereocenters. The summed E-state index contributed by atoms with van der Waals surface area (Å²) in [4.78, 5) is 27.3. The number of ether oxygens (including phenoxy) is 2. The van der Waals surface area contributed by atoms with E-state index in [-0.39, 0.29) is 5.91 Å². The molecule has 2 N–H and O–H groups in total. The highest BCUT2D eigenvalue weighted by Crippen LogP contribution is 2.28. The summed E-state index contributed by atoms with van der Waals surface area (Å²) in [6, 6.07) is 13.9. The number of nitrogens with one attached hydrogen (secondary N) is 2. The van der Waals surface area contributed by atoms with Crippen LogP contribution in [-0.4, -0.2) is 44.0 Å². The highest BCUT2D eigenvalue weighted by molar-refractivity contribution is 5.96. The van der Waals surface area contributed by atoms with Crippen molar-refractivity contribution in [2.24, 2.45) is 5.92 Å². The van der Waals surface area contributed by atoms with Gasteiger partial charge in [-0.05, 0) is 49.7 Å². The minimum Gasteiger partial charge on any atom is -0.493 e. The normalized spacial score (nSPS) is 11.8. The minimum absolute atomic E-state index is 0.315. The quantitative estimate of drug-likeness (QED) is 0.567. The summed E-state index contributed by atoms with van der Waals surface area (Å²) in [7, 11) is 3.39. The van der Waals surface area contributed by atoms with E-state index >= 15 is 0 Å². The molecule has 0 spiro atoms. The van der Waals surface area contributed by atoms with Crippen molar-refractivity contribution in [3.8, 4) is 11.5 Å². The van der Waals surface area contributed by atoms with Crippen LogP contribution in [0.3, 0.4) is 0 Å². The molecule has 7 nitrogen and oxygen atoms in total. The summed E-state index contributed by atoms with van der Waals surface area (Å²) >= 11 is 0. The van der Waals surface area contributed by atoms with E-state index in [1.807, 2.05) is 49.2 Å². The fraction of sp³-hybridized carbons (Fsp3) is 0.417. The van der Waals surface area contributed by atoms with Gasteiger partial charge in [-0.2, -0.15) is 0 Å². The van der Waals surface area contributed by atoms with Crippen LogP contribution in [0.5, 0.6) is 11.5 Å². The Morgan fingerprint density at radius 2 is 1.74 bits per heavy atom. The number of amides is 2. The van der Waals surface area contributed by atoms with E-state index < -0.39 is 11.9 Å². The van der Waals surface area contributed by atoms with E-state index in [9.17, 15) is 9.59 Å². The number of hydrogen-bond donors (Lipinski definition) is 2. The Kier molecular flexibility index (Phi) is 9.34. The Morgan fingerprint density at radius 3 is 2.35 bits per heavy atom. The first-order valence-corrected chi connectivity index (χ1v) is 10.5. The van der Waals surface area contributed by atoms with Crippen molar-refractivity contribution < 1.29 is 19.1 Å². The van der Waals surface area contributed by atoms with E-state index in [1.54, 1.807) is 18.2 Å². The number of likely N-dealkylation sites (N-methyl/N-ethyl adjacent to an activating group) is 1. The molecule has 0 fully saturated rings. The SMILES string of the molecule is CCN(C)C(C(=O)NNC(=O)c1ccc(OCCC(C)C)c(OC)c1)c1ccccc1. The number of carbonyl (C=O) groups excluding carboxylic acids is 2. The van der Waals surface area contributed by atoms with Gasteiger partial charge in [0.1, 0.15) is 6.04 Å². The van der Waals surface area contributed by atoms with Gasteiger partial charge in [0.05, 0.1) is 13.7 Å². The van der Waals surface area contributed by atoms with Gasteiger partial charge in [-0.15, -0.1) is 0 Å². The lowest BCUT2D eigenvalue weighted by Gasteiger charge is -2.26. The molecule has 168 valence electrons. The number of rotatable bonds is 10. The average molecular weight is 428 g/mol. The van der Waals surface area contributed by atoms with Crippen LogP contribution in [0.15, 0.2) is 48.5 Å². The third-order valence-electron chi connectivity index (χ3n) is 4.98. The number of nitrogens with zero attached hydrogens (tertiary/aromatic N) is 1. The monoisotopic (exact) mass is 427 g/mol. The summed E-state index contributed by atoms with van der Waals surface area (Å²) in [5, 5.41) is 0. The molecule has 0 aromatic heterocycles. The maximum absolute atomic E-state index is 12.8. The molecule has 0 radical (unpaired) electrons. The highest BCUT2D eigenvalue weighted by atomic mass is 16.5. The predicted molar refractivity (Wildman–Crippen MR) is 121 cm³/mol. The molecule has 0 bridgehead atoms. The first-order chi connectivity index (χ1) is 14.9. The van der Waals surface area contributed by atoms with Gasteiger partial charge >= 0.3 is 0 Å². The number of hydrogen-bond acceptors (Lipinski definition) is 5. The van der Waals surface area contributed by atoms with Gasteiger partial charge in [-0.3, -0.25) is 25.3 Å². The summed E-state index contributed by atoms with van der Waals surface area (Å²) in [6.07, 6.45) is 0.923. The zero-order valence-corrected chi connectivity index (χ0v) is 19.0. The van der Waals surface area contributed by atoms with Crippen molar-refractivity contribution in [2.45, 2.75) is 33.2 Å². The highest BCUT2D eigenvalue weighted by Gasteiger charge is 2.24. The smallest absolute Gasteiger partial charge is 0.269 e. The molecule has 7 heteroatoms. The minimum atomic E-state index is -0.516. The molecule has 1 atom stereocenters. The summed E-state index contributed by atoms with van der Waals surface area (Å²) in [5.41, 5.74) is 6.24. The first kappa shape index (κ1) is 24.2. The molecule has 0 aliphatic rings. The summed E-state index contributed by atoms with van der Waals surface area (Å²) in [5.74, 6) is 0.829. The van der Waals surface area contributed by atoms with Crippen LogP contribution in [0.25, 0.3) is 0 Å². The molecule has 0 heterocycles. The fourth-order valence-electron chi connectivity index (χ4n) is 3.02. The summed E-state index contributed by atoms with van der Waals surface area (Å²) in [6.45, 7) is 7.47. The number of benzene rings is 2. The van der Waals surface area contributed by atoms with Gasteiger partial charge in [0.25, 0.3) is 11.8 Å². The predicted octanol–water partition coefficient (Wildman–Crippen LogP) is 3.57. The second-order valence-electron chi connectivity index (χ2n) is 7.73. The molecule has 2 aromatic carbocycles. The van der Waals surface area contributed by atoms with Gasteiger partial charge in [-0.25, -0.2) is 0 Å². The van der Waals surface area contributed by atoms with Crippen LogP contribution >= 0.6 is 0 Å². The largest absolute Gasteiger partial charge is 0.493 e. The Balaban J connectivity index is 2.04. The molecular formula is C24H33N3O4. The van der Waals surface area contributed by atoms with E-state index in [0.29, 0.717) is 36.1 Å². The van der Waals surface area contributed by atoms with E-state index in [0.717, 1.165) is 12.0 Å². The Morgan fingerprint density at radius 1 is 1.03 bits per heavy atom. The molecule has 2 amide bonds. The Bertz CT molecular complexity index is 855. The molecular weight excluding hydrogens is 394 g/mol. The van der Waals surface area contributed by atoms with Crippen LogP contribution in [0, 0.1) is 5.92 Å². The van der Waals surface area contributed by atoms with Crippen molar-refractivity contribution in [3.63, 3.8) is 0 Å². The van der Waals surface area contributed by atoms with Crippen molar-refractivity contribution in [2.75, 3.05) is 27.3 Å². The second kappa shape index (κ2) is 12.0. The van der Waals surface area contributed by atoms with Crippen molar-refractivity contribution in [1.82, 2.24) is 15.8 Å². The first-order valence-electron chi connectivity index (χ1n) is 10.5. The third-order valence-corrected chi connectivity index (χ3v) is 4.98. The van der Waals surface area contributed by atoms with Gasteiger partial charge in [0.15, 0.2) is 11.5 Å². The lowest BCUT2D eigenvalue weighted by molar-refractivity contribution is -0.127. The number of hydrazine groups is 1.